The van der Waals surface area contributed by atoms with Crippen LogP contribution in [0.5, 0.6) is 0 Å². The van der Waals surface area contributed by atoms with Gasteiger partial charge < -0.3 is 9.80 Å². The quantitative estimate of drug-likeness (QED) is 0.747. The van der Waals surface area contributed by atoms with Gasteiger partial charge in [0.1, 0.15) is 0 Å². The monoisotopic (exact) mass is 252 g/mol. The second-order valence-electron chi connectivity index (χ2n) is 5.04. The fourth-order valence-corrected chi connectivity index (χ4v) is 2.61. The van der Waals surface area contributed by atoms with Crippen LogP contribution >= 0.6 is 11.6 Å². The zero-order valence-corrected chi connectivity index (χ0v) is 11.7. The number of alkyl halides is 1. The molecule has 2 nitrogen and oxygen atoms in total. The lowest BCUT2D eigenvalue weighted by molar-refractivity contribution is 0.234. The molecule has 1 saturated heterocycles. The van der Waals surface area contributed by atoms with Crippen LogP contribution in [0.15, 0.2) is 18.2 Å². The van der Waals surface area contributed by atoms with Crippen LogP contribution in [-0.2, 0) is 5.88 Å². The van der Waals surface area contributed by atoms with E-state index in [2.05, 4.69) is 48.9 Å². The highest BCUT2D eigenvalue weighted by Gasteiger charge is 2.22. The summed E-state index contributed by atoms with van der Waals surface area (Å²) in [4.78, 5) is 4.87. The first-order valence-corrected chi connectivity index (χ1v) is 6.76. The normalized spacial score (nSPS) is 21.9. The van der Waals surface area contributed by atoms with Crippen molar-refractivity contribution in [3.05, 3.63) is 29.3 Å². The van der Waals surface area contributed by atoms with Crippen molar-refractivity contribution in [3.8, 4) is 0 Å². The third-order valence-electron chi connectivity index (χ3n) is 3.68. The van der Waals surface area contributed by atoms with Gasteiger partial charge in [0.15, 0.2) is 0 Å². The number of likely N-dealkylation sites (N-methyl/N-ethyl adjacent to an activating group) is 1. The van der Waals surface area contributed by atoms with E-state index in [9.17, 15) is 0 Å². The lowest BCUT2D eigenvalue weighted by Gasteiger charge is -2.39. The van der Waals surface area contributed by atoms with E-state index in [0.717, 1.165) is 19.6 Å². The first-order chi connectivity index (χ1) is 8.11. The third-order valence-corrected chi connectivity index (χ3v) is 3.97. The molecule has 0 spiro atoms. The van der Waals surface area contributed by atoms with Crippen LogP contribution in [0.4, 0.5) is 5.69 Å². The summed E-state index contributed by atoms with van der Waals surface area (Å²) in [5.41, 5.74) is 3.85. The molecule has 1 unspecified atom stereocenters. The highest BCUT2D eigenvalue weighted by Crippen LogP contribution is 2.25. The summed E-state index contributed by atoms with van der Waals surface area (Å²) in [6.07, 6.45) is 0. The zero-order valence-electron chi connectivity index (χ0n) is 10.9. The summed E-state index contributed by atoms with van der Waals surface area (Å²) in [6, 6.07) is 7.19. The van der Waals surface area contributed by atoms with E-state index in [1.807, 2.05) is 0 Å². The average molecular weight is 253 g/mol. The first-order valence-electron chi connectivity index (χ1n) is 6.22. The Labute approximate surface area is 109 Å². The van der Waals surface area contributed by atoms with Gasteiger partial charge in [0.05, 0.1) is 0 Å². The van der Waals surface area contributed by atoms with Crippen LogP contribution in [0.25, 0.3) is 0 Å². The van der Waals surface area contributed by atoms with Crippen LogP contribution in [0.1, 0.15) is 18.1 Å². The Hall–Kier alpha value is -0.730. The number of aryl methyl sites for hydroxylation is 1. The molecule has 1 fully saturated rings. The van der Waals surface area contributed by atoms with E-state index in [-0.39, 0.29) is 0 Å². The molecular formula is C14H21ClN2. The van der Waals surface area contributed by atoms with Gasteiger partial charge in [-0.25, -0.2) is 0 Å². The van der Waals surface area contributed by atoms with Gasteiger partial charge in [0, 0.05) is 37.2 Å². The Bertz CT molecular complexity index is 392. The predicted molar refractivity (Wildman–Crippen MR) is 75.0 cm³/mol. The molecule has 0 amide bonds. The molecule has 17 heavy (non-hydrogen) atoms. The average Bonchev–Trinajstić information content (AvgIpc) is 2.32. The molecule has 94 valence electrons. The van der Waals surface area contributed by atoms with Gasteiger partial charge in [-0.1, -0.05) is 17.7 Å². The van der Waals surface area contributed by atoms with Gasteiger partial charge in [0.25, 0.3) is 0 Å². The topological polar surface area (TPSA) is 6.48 Å². The number of halogens is 1. The van der Waals surface area contributed by atoms with E-state index in [0.29, 0.717) is 11.9 Å². The second kappa shape index (κ2) is 5.28. The summed E-state index contributed by atoms with van der Waals surface area (Å²) in [7, 11) is 2.19. The van der Waals surface area contributed by atoms with Gasteiger partial charge in [-0.3, -0.25) is 0 Å². The van der Waals surface area contributed by atoms with Crippen molar-refractivity contribution in [1.82, 2.24) is 4.90 Å². The molecule has 3 heteroatoms. The van der Waals surface area contributed by atoms with E-state index < -0.39 is 0 Å². The molecule has 0 radical (unpaired) electrons. The zero-order chi connectivity index (χ0) is 12.4. The van der Waals surface area contributed by atoms with Crippen molar-refractivity contribution >= 4 is 17.3 Å². The lowest BCUT2D eigenvalue weighted by atomic mass is 10.1. The number of benzene rings is 1. The lowest BCUT2D eigenvalue weighted by Crippen LogP contribution is -2.50. The minimum Gasteiger partial charge on any atom is -0.368 e. The summed E-state index contributed by atoms with van der Waals surface area (Å²) >= 11 is 6.05. The van der Waals surface area contributed by atoms with Crippen LogP contribution < -0.4 is 4.90 Å². The SMILES string of the molecule is Cc1ccc(N2CCN(C)C(C)C2)c(CCl)c1. The van der Waals surface area contributed by atoms with Gasteiger partial charge in [-0.05, 0) is 32.5 Å². The molecule has 0 saturated carbocycles. The Morgan fingerprint density at radius 2 is 2.12 bits per heavy atom. The van der Waals surface area contributed by atoms with Gasteiger partial charge >= 0.3 is 0 Å². The number of rotatable bonds is 2. The minimum atomic E-state index is 0.595. The molecule has 1 aromatic carbocycles. The minimum absolute atomic E-state index is 0.595. The van der Waals surface area contributed by atoms with Gasteiger partial charge in [-0.15, -0.1) is 11.6 Å². The Morgan fingerprint density at radius 1 is 1.35 bits per heavy atom. The summed E-state index contributed by atoms with van der Waals surface area (Å²) in [5, 5.41) is 0. The number of hydrogen-bond donors (Lipinski definition) is 0. The maximum Gasteiger partial charge on any atom is 0.0494 e. The number of piperazine rings is 1. The molecular weight excluding hydrogens is 232 g/mol. The molecule has 2 rings (SSSR count). The van der Waals surface area contributed by atoms with Crippen molar-refractivity contribution in [2.45, 2.75) is 25.8 Å². The van der Waals surface area contributed by atoms with Crippen LogP contribution in [0.3, 0.4) is 0 Å². The first kappa shape index (κ1) is 12.7. The maximum atomic E-state index is 6.05. The Kier molecular flexibility index (Phi) is 3.95. The van der Waals surface area contributed by atoms with Crippen LogP contribution in [0.2, 0.25) is 0 Å². The molecule has 1 aliphatic heterocycles. The molecule has 1 aromatic rings. The number of nitrogens with zero attached hydrogens (tertiary/aromatic N) is 2. The predicted octanol–water partition coefficient (Wildman–Crippen LogP) is 2.87. The van der Waals surface area contributed by atoms with E-state index in [1.54, 1.807) is 0 Å². The smallest absolute Gasteiger partial charge is 0.0494 e. The maximum absolute atomic E-state index is 6.05. The molecule has 0 bridgehead atoms. The third kappa shape index (κ3) is 2.75. The van der Waals surface area contributed by atoms with Crippen molar-refractivity contribution in [2.75, 3.05) is 31.6 Å². The van der Waals surface area contributed by atoms with E-state index in [1.165, 1.54) is 16.8 Å². The molecule has 0 N–H and O–H groups in total. The standard InChI is InChI=1S/C14H21ClN2/c1-11-4-5-14(13(8-11)9-15)17-7-6-16(3)12(2)10-17/h4-5,8,12H,6-7,9-10H2,1-3H3. The fourth-order valence-electron chi connectivity index (χ4n) is 2.40. The molecule has 1 heterocycles. The summed E-state index contributed by atoms with van der Waals surface area (Å²) in [5.74, 6) is 0.595. The van der Waals surface area contributed by atoms with Crippen molar-refractivity contribution < 1.29 is 0 Å². The fraction of sp³-hybridized carbons (Fsp3) is 0.571. The number of hydrogen-bond acceptors (Lipinski definition) is 2. The summed E-state index contributed by atoms with van der Waals surface area (Å²) < 4.78 is 0. The molecule has 0 aromatic heterocycles. The molecule has 0 aliphatic carbocycles. The highest BCUT2D eigenvalue weighted by molar-refractivity contribution is 6.17. The Morgan fingerprint density at radius 3 is 2.76 bits per heavy atom. The highest BCUT2D eigenvalue weighted by atomic mass is 35.5. The van der Waals surface area contributed by atoms with E-state index >= 15 is 0 Å². The number of anilines is 1. The Balaban J connectivity index is 2.22. The van der Waals surface area contributed by atoms with Gasteiger partial charge in [-0.2, -0.15) is 0 Å². The van der Waals surface area contributed by atoms with E-state index in [4.69, 9.17) is 11.6 Å². The van der Waals surface area contributed by atoms with Crippen LogP contribution in [0, 0.1) is 6.92 Å². The summed E-state index contributed by atoms with van der Waals surface area (Å²) in [6.45, 7) is 7.70. The van der Waals surface area contributed by atoms with Crippen molar-refractivity contribution in [3.63, 3.8) is 0 Å². The molecule has 1 aliphatic rings. The van der Waals surface area contributed by atoms with Gasteiger partial charge in [0.2, 0.25) is 0 Å². The van der Waals surface area contributed by atoms with Crippen LogP contribution in [-0.4, -0.2) is 37.6 Å². The second-order valence-corrected chi connectivity index (χ2v) is 5.31. The van der Waals surface area contributed by atoms with Crippen molar-refractivity contribution in [2.24, 2.45) is 0 Å². The van der Waals surface area contributed by atoms with Crippen molar-refractivity contribution in [1.29, 1.82) is 0 Å². The molecule has 1 atom stereocenters. The largest absolute Gasteiger partial charge is 0.368 e.